The zero-order valence-electron chi connectivity index (χ0n) is 13.2. The number of hydrogen-bond acceptors (Lipinski definition) is 3. The van der Waals surface area contributed by atoms with E-state index in [0.717, 1.165) is 42.4 Å². The molecule has 0 N–H and O–H groups in total. The van der Waals surface area contributed by atoms with Crippen molar-refractivity contribution < 1.29 is 14.3 Å². The Morgan fingerprint density at radius 2 is 2.09 bits per heavy atom. The summed E-state index contributed by atoms with van der Waals surface area (Å²) in [5.74, 6) is -0.00744. The Morgan fingerprint density at radius 1 is 1.35 bits per heavy atom. The van der Waals surface area contributed by atoms with Crippen LogP contribution in [-0.2, 0) is 16.0 Å². The highest BCUT2D eigenvalue weighted by atomic mass is 35.5. The molecule has 0 fully saturated rings. The first-order valence-corrected chi connectivity index (χ1v) is 8.58. The zero-order chi connectivity index (χ0) is 16.8. The van der Waals surface area contributed by atoms with Gasteiger partial charge in [0.25, 0.3) is 0 Å². The van der Waals surface area contributed by atoms with E-state index in [9.17, 15) is 9.59 Å². The molecule has 0 spiro atoms. The van der Waals surface area contributed by atoms with E-state index in [4.69, 9.17) is 27.9 Å². The van der Waals surface area contributed by atoms with Crippen LogP contribution in [0.4, 0.5) is 0 Å². The van der Waals surface area contributed by atoms with Gasteiger partial charge >= 0.3 is 5.97 Å². The van der Waals surface area contributed by atoms with E-state index in [2.05, 4.69) is 6.92 Å². The smallest absolute Gasteiger partial charge is 0.308 e. The number of hydrogen-bond donors (Lipinski definition) is 0. The van der Waals surface area contributed by atoms with Gasteiger partial charge in [-0.15, -0.1) is 0 Å². The lowest BCUT2D eigenvalue weighted by Crippen LogP contribution is -2.25. The van der Waals surface area contributed by atoms with Crippen molar-refractivity contribution in [3.63, 3.8) is 0 Å². The topological polar surface area (TPSA) is 43.4 Å². The van der Waals surface area contributed by atoms with Crippen LogP contribution in [0.15, 0.2) is 12.1 Å². The molecule has 2 aliphatic rings. The fraction of sp³-hybridized carbons (Fsp3) is 0.444. The van der Waals surface area contributed by atoms with Gasteiger partial charge in [0, 0.05) is 24.3 Å². The minimum atomic E-state index is -0.434. The third kappa shape index (κ3) is 2.70. The predicted molar refractivity (Wildman–Crippen MR) is 91.0 cm³/mol. The van der Waals surface area contributed by atoms with Gasteiger partial charge in [0.1, 0.15) is 5.02 Å². The quantitative estimate of drug-likeness (QED) is 0.567. The molecule has 1 atom stereocenters. The number of rotatable bonds is 3. The molecule has 0 saturated heterocycles. The number of halogens is 2. The molecule has 0 radical (unpaired) electrons. The van der Waals surface area contributed by atoms with Crippen LogP contribution in [-0.4, -0.2) is 11.8 Å². The van der Waals surface area contributed by atoms with Gasteiger partial charge in [-0.1, -0.05) is 36.5 Å². The van der Waals surface area contributed by atoms with Crippen molar-refractivity contribution in [2.45, 2.75) is 46.0 Å². The highest BCUT2D eigenvalue weighted by Crippen LogP contribution is 2.58. The number of esters is 1. The maximum Gasteiger partial charge on any atom is 0.308 e. The standard InChI is InChI=1S/C18H18Cl2O3/c1-3-5-18-6-4-12(22)8-13(18)15-11(9-18)7-14(23-10(2)21)16(19)17(15)20/h7-8H,3-6,9H2,1-2H3. The Kier molecular flexibility index (Phi) is 4.28. The zero-order valence-corrected chi connectivity index (χ0v) is 14.7. The number of carbonyl (C=O) groups excluding carboxylic acids is 2. The van der Waals surface area contributed by atoms with Gasteiger partial charge in [-0.2, -0.15) is 0 Å². The van der Waals surface area contributed by atoms with Gasteiger partial charge in [0.2, 0.25) is 0 Å². The van der Waals surface area contributed by atoms with E-state index >= 15 is 0 Å². The molecular formula is C18H18Cl2O3. The van der Waals surface area contributed by atoms with Crippen LogP contribution < -0.4 is 4.74 Å². The maximum absolute atomic E-state index is 11.9. The fourth-order valence-corrected chi connectivity index (χ4v) is 4.41. The summed E-state index contributed by atoms with van der Waals surface area (Å²) >= 11 is 12.8. The normalized spacial score (nSPS) is 22.4. The average molecular weight is 353 g/mol. The van der Waals surface area contributed by atoms with Crippen LogP contribution in [0.5, 0.6) is 5.75 Å². The van der Waals surface area contributed by atoms with Crippen molar-refractivity contribution in [1.82, 2.24) is 0 Å². The van der Waals surface area contributed by atoms with Crippen LogP contribution in [0, 0.1) is 5.41 Å². The monoisotopic (exact) mass is 352 g/mol. The van der Waals surface area contributed by atoms with Gasteiger partial charge < -0.3 is 4.74 Å². The van der Waals surface area contributed by atoms with Crippen molar-refractivity contribution in [2.75, 3.05) is 0 Å². The molecule has 5 heteroatoms. The van der Waals surface area contributed by atoms with E-state index in [-0.39, 0.29) is 16.2 Å². The molecule has 1 aromatic rings. The summed E-state index contributed by atoms with van der Waals surface area (Å²) in [5.41, 5.74) is 2.82. The second-order valence-electron chi connectivity index (χ2n) is 6.36. The third-order valence-corrected chi connectivity index (χ3v) is 5.61. The number of carbonyl (C=O) groups is 2. The molecule has 3 nitrogen and oxygen atoms in total. The molecule has 2 aliphatic carbocycles. The fourth-order valence-electron chi connectivity index (χ4n) is 3.91. The minimum absolute atomic E-state index is 0.0488. The van der Waals surface area contributed by atoms with Gasteiger partial charge in [0.05, 0.1) is 5.02 Å². The van der Waals surface area contributed by atoms with E-state index in [1.165, 1.54) is 6.92 Å². The summed E-state index contributed by atoms with van der Waals surface area (Å²) in [7, 11) is 0. The average Bonchev–Trinajstić information content (AvgIpc) is 2.78. The van der Waals surface area contributed by atoms with Crippen molar-refractivity contribution in [1.29, 1.82) is 0 Å². The second kappa shape index (κ2) is 5.95. The van der Waals surface area contributed by atoms with Crippen molar-refractivity contribution >= 4 is 40.5 Å². The molecule has 0 saturated carbocycles. The summed E-state index contributed by atoms with van der Waals surface area (Å²) in [5, 5.41) is 0.603. The molecule has 0 aliphatic heterocycles. The van der Waals surface area contributed by atoms with Crippen LogP contribution in [0.25, 0.3) is 5.57 Å². The molecule has 23 heavy (non-hydrogen) atoms. The van der Waals surface area contributed by atoms with Crippen LogP contribution >= 0.6 is 23.2 Å². The lowest BCUT2D eigenvalue weighted by atomic mass is 9.70. The Bertz CT molecular complexity index is 736. The highest BCUT2D eigenvalue weighted by molar-refractivity contribution is 6.44. The first kappa shape index (κ1) is 16.5. The summed E-state index contributed by atoms with van der Waals surface area (Å²) in [4.78, 5) is 23.2. The molecule has 1 aromatic carbocycles. The lowest BCUT2D eigenvalue weighted by molar-refractivity contribution is -0.131. The van der Waals surface area contributed by atoms with Crippen LogP contribution in [0.2, 0.25) is 10.0 Å². The summed E-state index contributed by atoms with van der Waals surface area (Å²) in [6.45, 7) is 3.47. The van der Waals surface area contributed by atoms with Gasteiger partial charge in [-0.25, -0.2) is 0 Å². The molecule has 122 valence electrons. The summed E-state index contributed by atoms with van der Waals surface area (Å²) < 4.78 is 5.18. The summed E-state index contributed by atoms with van der Waals surface area (Å²) in [6, 6.07) is 1.80. The minimum Gasteiger partial charge on any atom is -0.425 e. The van der Waals surface area contributed by atoms with E-state index in [1.54, 1.807) is 12.1 Å². The van der Waals surface area contributed by atoms with E-state index in [1.807, 2.05) is 0 Å². The number of allylic oxidation sites excluding steroid dienone is 2. The Labute approximate surface area is 145 Å². The second-order valence-corrected chi connectivity index (χ2v) is 7.12. The van der Waals surface area contributed by atoms with Crippen LogP contribution in [0.1, 0.15) is 50.7 Å². The largest absolute Gasteiger partial charge is 0.425 e. The highest BCUT2D eigenvalue weighted by Gasteiger charge is 2.45. The summed E-state index contributed by atoms with van der Waals surface area (Å²) in [6.07, 6.45) is 5.97. The SMILES string of the molecule is CCCC12CCC(=O)C=C1c1c(cc(OC(C)=O)c(Cl)c1Cl)C2. The Hall–Kier alpha value is -1.32. The van der Waals surface area contributed by atoms with Crippen molar-refractivity contribution in [3.8, 4) is 5.75 Å². The first-order valence-electron chi connectivity index (χ1n) is 7.82. The Balaban J connectivity index is 2.17. The van der Waals surface area contributed by atoms with Crippen molar-refractivity contribution in [2.24, 2.45) is 5.41 Å². The maximum atomic E-state index is 11.9. The molecule has 0 amide bonds. The molecule has 0 aromatic heterocycles. The first-order chi connectivity index (χ1) is 10.9. The molecule has 1 unspecified atom stereocenters. The predicted octanol–water partition coefficient (Wildman–Crippen LogP) is 5.01. The Morgan fingerprint density at radius 3 is 2.74 bits per heavy atom. The molecule has 3 rings (SSSR count). The number of fused-ring (bicyclic) bond motifs is 3. The van der Waals surface area contributed by atoms with E-state index < -0.39 is 5.97 Å². The molecule has 0 heterocycles. The molecular weight excluding hydrogens is 335 g/mol. The third-order valence-electron chi connectivity index (χ3n) is 4.76. The molecule has 0 bridgehead atoms. The number of ether oxygens (including phenoxy) is 1. The lowest BCUT2D eigenvalue weighted by Gasteiger charge is -2.33. The van der Waals surface area contributed by atoms with E-state index in [0.29, 0.717) is 17.2 Å². The van der Waals surface area contributed by atoms with Gasteiger partial charge in [-0.3, -0.25) is 9.59 Å². The van der Waals surface area contributed by atoms with Crippen LogP contribution in [0.3, 0.4) is 0 Å². The van der Waals surface area contributed by atoms with Gasteiger partial charge in [-0.05, 0) is 42.5 Å². The number of ketones is 1. The number of benzene rings is 1. The van der Waals surface area contributed by atoms with Gasteiger partial charge in [0.15, 0.2) is 11.5 Å². The van der Waals surface area contributed by atoms with Crippen molar-refractivity contribution in [3.05, 3.63) is 33.3 Å².